The summed E-state index contributed by atoms with van der Waals surface area (Å²) in [6.45, 7) is 2.01. The van der Waals surface area contributed by atoms with E-state index in [9.17, 15) is 9.59 Å². The van der Waals surface area contributed by atoms with Crippen LogP contribution in [-0.4, -0.2) is 26.8 Å². The third-order valence-electron chi connectivity index (χ3n) is 6.24. The number of rotatable bonds is 7. The number of nitrogens with two attached hydrogens (primary N) is 1. The van der Waals surface area contributed by atoms with Crippen molar-refractivity contribution in [3.05, 3.63) is 132 Å². The zero-order valence-corrected chi connectivity index (χ0v) is 21.3. The summed E-state index contributed by atoms with van der Waals surface area (Å²) in [5.74, 6) is 0.0887. The molecule has 0 unspecified atom stereocenters. The van der Waals surface area contributed by atoms with E-state index in [0.29, 0.717) is 40.4 Å². The molecule has 2 amide bonds. The van der Waals surface area contributed by atoms with E-state index in [1.54, 1.807) is 67.1 Å². The Bertz CT molecular complexity index is 1640. The lowest BCUT2D eigenvalue weighted by Gasteiger charge is -2.11. The molecule has 0 bridgehead atoms. The average Bonchev–Trinajstić information content (AvgIpc) is 2.97. The molecule has 0 aliphatic heterocycles. The van der Waals surface area contributed by atoms with Crippen molar-refractivity contribution in [1.82, 2.24) is 15.0 Å². The van der Waals surface area contributed by atoms with Gasteiger partial charge in [0.15, 0.2) is 0 Å². The summed E-state index contributed by atoms with van der Waals surface area (Å²) in [5, 5.41) is 5.72. The average molecular weight is 531 g/mol. The second-order valence-corrected chi connectivity index (χ2v) is 8.99. The molecule has 8 nitrogen and oxygen atoms in total. The van der Waals surface area contributed by atoms with E-state index in [0.717, 1.165) is 22.4 Å². The van der Waals surface area contributed by atoms with Crippen LogP contribution in [0.25, 0.3) is 11.3 Å². The fraction of sp³-hybridized carbons (Fsp3) is 0.0938. The van der Waals surface area contributed by atoms with E-state index in [1.807, 2.05) is 43.3 Å². The van der Waals surface area contributed by atoms with Crippen LogP contribution < -0.4 is 16.4 Å². The fourth-order valence-electron chi connectivity index (χ4n) is 4.05. The van der Waals surface area contributed by atoms with Crippen molar-refractivity contribution in [2.24, 2.45) is 0 Å². The van der Waals surface area contributed by atoms with Gasteiger partial charge in [-0.3, -0.25) is 14.6 Å². The Morgan fingerprint density at radius 1 is 0.825 bits per heavy atom. The standard InChI is InChI=1S/C31H26N6O2.CH4/c1-20-8-13-25(17-24(20)18-29-34-16-14-27(36-29)23-5-4-15-33-19-23)35-30(38)21-9-11-22(12-10-21)31(39)37-28-7-3-2-6-26(28)32;/h2-17,19H,18,32H2,1H3,(H,35,38)(H,37,39);1H4. The summed E-state index contributed by atoms with van der Waals surface area (Å²) in [6, 6.07) is 24.9. The van der Waals surface area contributed by atoms with E-state index in [1.165, 1.54) is 0 Å². The van der Waals surface area contributed by atoms with Gasteiger partial charge in [-0.05, 0) is 84.8 Å². The van der Waals surface area contributed by atoms with Gasteiger partial charge < -0.3 is 16.4 Å². The number of benzene rings is 3. The molecule has 0 fully saturated rings. The quantitative estimate of drug-likeness (QED) is 0.217. The van der Waals surface area contributed by atoms with Gasteiger partial charge in [-0.15, -0.1) is 0 Å². The topological polar surface area (TPSA) is 123 Å². The number of para-hydroxylation sites is 2. The number of pyridine rings is 1. The van der Waals surface area contributed by atoms with Crippen molar-refractivity contribution >= 4 is 28.9 Å². The molecular formula is C32H30N6O2. The molecule has 3 aromatic carbocycles. The lowest BCUT2D eigenvalue weighted by molar-refractivity contribution is 0.101. The normalized spacial score (nSPS) is 10.3. The largest absolute Gasteiger partial charge is 0.397 e. The van der Waals surface area contributed by atoms with Crippen molar-refractivity contribution in [2.75, 3.05) is 16.4 Å². The maximum absolute atomic E-state index is 12.9. The lowest BCUT2D eigenvalue weighted by Crippen LogP contribution is -2.15. The first-order chi connectivity index (χ1) is 19.0. The van der Waals surface area contributed by atoms with Crippen LogP contribution in [0.4, 0.5) is 17.1 Å². The minimum absolute atomic E-state index is 0. The number of aromatic nitrogens is 3. The van der Waals surface area contributed by atoms with E-state index in [2.05, 4.69) is 20.6 Å². The van der Waals surface area contributed by atoms with Crippen molar-refractivity contribution in [3.8, 4) is 11.3 Å². The summed E-state index contributed by atoms with van der Waals surface area (Å²) in [4.78, 5) is 38.8. The van der Waals surface area contributed by atoms with E-state index in [4.69, 9.17) is 10.7 Å². The van der Waals surface area contributed by atoms with Crippen molar-refractivity contribution < 1.29 is 9.59 Å². The van der Waals surface area contributed by atoms with Gasteiger partial charge in [-0.25, -0.2) is 9.97 Å². The number of anilines is 3. The van der Waals surface area contributed by atoms with Gasteiger partial charge in [-0.1, -0.05) is 25.6 Å². The zero-order chi connectivity index (χ0) is 27.2. The number of aryl methyl sites for hydroxylation is 1. The Hall–Kier alpha value is -5.37. The molecule has 2 heterocycles. The molecule has 0 spiro atoms. The predicted molar refractivity (Wildman–Crippen MR) is 159 cm³/mol. The van der Waals surface area contributed by atoms with Crippen molar-refractivity contribution in [1.29, 1.82) is 0 Å². The number of hydrogen-bond donors (Lipinski definition) is 3. The second-order valence-electron chi connectivity index (χ2n) is 8.99. The van der Waals surface area contributed by atoms with Crippen LogP contribution in [-0.2, 0) is 6.42 Å². The van der Waals surface area contributed by atoms with Crippen LogP contribution in [0.15, 0.2) is 104 Å². The van der Waals surface area contributed by atoms with Crippen LogP contribution in [0.1, 0.15) is 45.1 Å². The van der Waals surface area contributed by atoms with Crippen LogP contribution in [0.2, 0.25) is 0 Å². The van der Waals surface area contributed by atoms with E-state index < -0.39 is 0 Å². The van der Waals surface area contributed by atoms with Gasteiger partial charge in [0, 0.05) is 47.4 Å². The SMILES string of the molecule is C.Cc1ccc(NC(=O)c2ccc(C(=O)Nc3ccccc3N)cc2)cc1Cc1nccc(-c2cccnc2)n1. The highest BCUT2D eigenvalue weighted by Crippen LogP contribution is 2.21. The molecule has 5 aromatic rings. The molecule has 2 aromatic heterocycles. The zero-order valence-electron chi connectivity index (χ0n) is 21.3. The molecular weight excluding hydrogens is 500 g/mol. The summed E-state index contributed by atoms with van der Waals surface area (Å²) in [6.07, 6.45) is 5.75. The smallest absolute Gasteiger partial charge is 0.255 e. The van der Waals surface area contributed by atoms with Gasteiger partial charge in [0.05, 0.1) is 17.1 Å². The molecule has 200 valence electrons. The molecule has 0 saturated heterocycles. The Labute approximate surface area is 233 Å². The maximum Gasteiger partial charge on any atom is 0.255 e. The van der Waals surface area contributed by atoms with Crippen LogP contribution >= 0.6 is 0 Å². The Morgan fingerprint density at radius 3 is 2.25 bits per heavy atom. The molecule has 4 N–H and O–H groups in total. The number of carbonyl (C=O) groups is 2. The summed E-state index contributed by atoms with van der Waals surface area (Å²) >= 11 is 0. The summed E-state index contributed by atoms with van der Waals surface area (Å²) in [5.41, 5.74) is 12.2. The fourth-order valence-corrected chi connectivity index (χ4v) is 4.05. The van der Waals surface area contributed by atoms with Gasteiger partial charge >= 0.3 is 0 Å². The van der Waals surface area contributed by atoms with Crippen molar-refractivity contribution in [3.63, 3.8) is 0 Å². The molecule has 0 radical (unpaired) electrons. The monoisotopic (exact) mass is 530 g/mol. The molecule has 0 saturated carbocycles. The van der Waals surface area contributed by atoms with E-state index >= 15 is 0 Å². The first-order valence-corrected chi connectivity index (χ1v) is 12.4. The highest BCUT2D eigenvalue weighted by Gasteiger charge is 2.12. The molecule has 5 rings (SSSR count). The summed E-state index contributed by atoms with van der Waals surface area (Å²) < 4.78 is 0. The van der Waals surface area contributed by atoms with Crippen LogP contribution in [0.3, 0.4) is 0 Å². The molecule has 0 aliphatic rings. The first kappa shape index (κ1) is 27.7. The van der Waals surface area contributed by atoms with Gasteiger partial charge in [0.1, 0.15) is 5.82 Å². The third kappa shape index (κ3) is 6.54. The lowest BCUT2D eigenvalue weighted by atomic mass is 10.0. The maximum atomic E-state index is 12.9. The molecule has 8 heteroatoms. The Kier molecular flexibility index (Phi) is 8.61. The highest BCUT2D eigenvalue weighted by molar-refractivity contribution is 6.08. The van der Waals surface area contributed by atoms with Crippen LogP contribution in [0.5, 0.6) is 0 Å². The third-order valence-corrected chi connectivity index (χ3v) is 6.24. The van der Waals surface area contributed by atoms with Gasteiger partial charge in [-0.2, -0.15) is 0 Å². The first-order valence-electron chi connectivity index (χ1n) is 12.4. The number of hydrogen-bond acceptors (Lipinski definition) is 6. The molecule has 0 atom stereocenters. The number of amides is 2. The Balaban J connectivity index is 0.00000370. The van der Waals surface area contributed by atoms with Gasteiger partial charge in [0.25, 0.3) is 11.8 Å². The highest BCUT2D eigenvalue weighted by atomic mass is 16.2. The number of nitrogens with zero attached hydrogens (tertiary/aromatic N) is 3. The van der Waals surface area contributed by atoms with Gasteiger partial charge in [0.2, 0.25) is 0 Å². The predicted octanol–water partition coefficient (Wildman–Crippen LogP) is 6.16. The minimum atomic E-state index is -0.308. The Morgan fingerprint density at radius 2 is 1.55 bits per heavy atom. The summed E-state index contributed by atoms with van der Waals surface area (Å²) in [7, 11) is 0. The molecule has 40 heavy (non-hydrogen) atoms. The van der Waals surface area contributed by atoms with E-state index in [-0.39, 0.29) is 19.2 Å². The number of carbonyl (C=O) groups excluding carboxylic acids is 2. The second kappa shape index (κ2) is 12.4. The van der Waals surface area contributed by atoms with Crippen molar-refractivity contribution in [2.45, 2.75) is 20.8 Å². The number of nitrogens with one attached hydrogen (secondary N) is 2. The van der Waals surface area contributed by atoms with Crippen LogP contribution in [0, 0.1) is 6.92 Å². The number of nitrogen functional groups attached to an aromatic ring is 1. The molecule has 0 aliphatic carbocycles. The minimum Gasteiger partial charge on any atom is -0.397 e.